The zero-order valence-electron chi connectivity index (χ0n) is 14.1. The van der Waals surface area contributed by atoms with Gasteiger partial charge in [0.05, 0.1) is 7.11 Å². The number of hydrogen-bond donors (Lipinski definition) is 0. The lowest BCUT2D eigenvalue weighted by Crippen LogP contribution is -2.10. The van der Waals surface area contributed by atoms with Crippen molar-refractivity contribution in [1.29, 1.82) is 0 Å². The largest absolute Gasteiger partial charge is 0.496 e. The third-order valence-electron chi connectivity index (χ3n) is 4.00. The molecule has 0 bridgehead atoms. The summed E-state index contributed by atoms with van der Waals surface area (Å²) in [6.45, 7) is 1.81. The monoisotopic (exact) mass is 334 g/mol. The maximum atomic E-state index is 12.5. The number of ether oxygens (including phenoxy) is 2. The summed E-state index contributed by atoms with van der Waals surface area (Å²) in [4.78, 5) is 24.2. The molecule has 3 aromatic carbocycles. The Morgan fingerprint density at radius 1 is 0.920 bits per heavy atom. The highest BCUT2D eigenvalue weighted by Gasteiger charge is 2.16. The average molecular weight is 334 g/mol. The average Bonchev–Trinajstić information content (AvgIpc) is 2.66. The summed E-state index contributed by atoms with van der Waals surface area (Å²) in [5.41, 5.74) is 0.959. The van der Waals surface area contributed by atoms with Crippen LogP contribution in [0.2, 0.25) is 0 Å². The molecule has 0 radical (unpaired) electrons. The summed E-state index contributed by atoms with van der Waals surface area (Å²) in [5, 5.41) is 1.91. The first-order chi connectivity index (χ1) is 12.1. The van der Waals surface area contributed by atoms with Gasteiger partial charge >= 0.3 is 5.97 Å². The molecule has 0 amide bonds. The molecule has 0 unspecified atom stereocenters. The normalized spacial score (nSPS) is 10.5. The fourth-order valence-electron chi connectivity index (χ4n) is 2.62. The van der Waals surface area contributed by atoms with E-state index < -0.39 is 5.97 Å². The van der Waals surface area contributed by atoms with E-state index in [1.807, 2.05) is 37.3 Å². The van der Waals surface area contributed by atoms with Gasteiger partial charge in [0.25, 0.3) is 0 Å². The molecular formula is C21H18O4. The predicted octanol–water partition coefficient (Wildman–Crippen LogP) is 4.66. The van der Waals surface area contributed by atoms with Crippen LogP contribution in [0.1, 0.15) is 34.1 Å². The van der Waals surface area contributed by atoms with E-state index in [-0.39, 0.29) is 5.78 Å². The number of carbonyl (C=O) groups is 2. The minimum Gasteiger partial charge on any atom is -0.496 e. The summed E-state index contributed by atoms with van der Waals surface area (Å²) in [6, 6.07) is 17.8. The first-order valence-corrected chi connectivity index (χ1v) is 8.04. The highest BCUT2D eigenvalue weighted by Crippen LogP contribution is 2.27. The van der Waals surface area contributed by atoms with Crippen molar-refractivity contribution in [2.75, 3.05) is 7.11 Å². The van der Waals surface area contributed by atoms with Crippen LogP contribution < -0.4 is 9.47 Å². The molecule has 0 aliphatic carbocycles. The van der Waals surface area contributed by atoms with Crippen LogP contribution in [0.25, 0.3) is 10.8 Å². The number of Topliss-reactive ketones (excluding diaryl/α,β-unsaturated/α-hetero) is 1. The Hall–Kier alpha value is -3.14. The second kappa shape index (κ2) is 7.18. The SMILES string of the molecule is CCC(=O)c1ccc(OC(=O)c2cc3ccccc3cc2OC)cc1. The molecule has 0 atom stereocenters. The molecule has 0 spiro atoms. The molecule has 0 saturated carbocycles. The number of ketones is 1. The van der Waals surface area contributed by atoms with Gasteiger partial charge in [-0.05, 0) is 47.2 Å². The highest BCUT2D eigenvalue weighted by atomic mass is 16.5. The Morgan fingerprint density at radius 3 is 2.16 bits per heavy atom. The van der Waals surface area contributed by atoms with Gasteiger partial charge in [0.15, 0.2) is 5.78 Å². The Labute approximate surface area is 146 Å². The second-order valence-electron chi connectivity index (χ2n) is 5.59. The molecule has 0 heterocycles. The molecule has 126 valence electrons. The molecule has 4 nitrogen and oxygen atoms in total. The van der Waals surface area contributed by atoms with Crippen molar-refractivity contribution in [3.63, 3.8) is 0 Å². The van der Waals surface area contributed by atoms with E-state index in [0.29, 0.717) is 29.0 Å². The van der Waals surface area contributed by atoms with E-state index in [9.17, 15) is 9.59 Å². The van der Waals surface area contributed by atoms with Crippen molar-refractivity contribution in [2.24, 2.45) is 0 Å². The Morgan fingerprint density at radius 2 is 1.56 bits per heavy atom. The van der Waals surface area contributed by atoms with E-state index in [2.05, 4.69) is 0 Å². The van der Waals surface area contributed by atoms with Crippen LogP contribution in [0.4, 0.5) is 0 Å². The number of rotatable bonds is 5. The minimum atomic E-state index is -0.503. The van der Waals surface area contributed by atoms with E-state index >= 15 is 0 Å². The van der Waals surface area contributed by atoms with Crippen molar-refractivity contribution >= 4 is 22.5 Å². The lowest BCUT2D eigenvalue weighted by atomic mass is 10.1. The van der Waals surface area contributed by atoms with Gasteiger partial charge in [0.2, 0.25) is 0 Å². The van der Waals surface area contributed by atoms with Gasteiger partial charge in [0, 0.05) is 12.0 Å². The van der Waals surface area contributed by atoms with Crippen LogP contribution >= 0.6 is 0 Å². The summed E-state index contributed by atoms with van der Waals surface area (Å²) in [7, 11) is 1.52. The molecule has 0 aromatic heterocycles. The van der Waals surface area contributed by atoms with Crippen LogP contribution in [-0.2, 0) is 0 Å². The van der Waals surface area contributed by atoms with Crippen LogP contribution in [0, 0.1) is 0 Å². The Bertz CT molecular complexity index is 926. The number of methoxy groups -OCH3 is 1. The smallest absolute Gasteiger partial charge is 0.347 e. The van der Waals surface area contributed by atoms with Gasteiger partial charge in [-0.15, -0.1) is 0 Å². The van der Waals surface area contributed by atoms with Crippen LogP contribution in [0.3, 0.4) is 0 Å². The molecule has 0 fully saturated rings. The summed E-state index contributed by atoms with van der Waals surface area (Å²) >= 11 is 0. The molecular weight excluding hydrogens is 316 g/mol. The van der Waals surface area contributed by atoms with E-state index in [0.717, 1.165) is 10.8 Å². The van der Waals surface area contributed by atoms with E-state index in [4.69, 9.17) is 9.47 Å². The lowest BCUT2D eigenvalue weighted by Gasteiger charge is -2.10. The number of hydrogen-bond acceptors (Lipinski definition) is 4. The predicted molar refractivity (Wildman–Crippen MR) is 96.5 cm³/mol. The summed E-state index contributed by atoms with van der Waals surface area (Å²) in [5.74, 6) is 0.389. The van der Waals surface area contributed by atoms with Gasteiger partial charge in [-0.3, -0.25) is 4.79 Å². The summed E-state index contributed by atoms with van der Waals surface area (Å²) < 4.78 is 10.8. The van der Waals surface area contributed by atoms with Crippen LogP contribution in [-0.4, -0.2) is 18.9 Å². The van der Waals surface area contributed by atoms with Gasteiger partial charge < -0.3 is 9.47 Å². The number of esters is 1. The number of benzene rings is 3. The fourth-order valence-corrected chi connectivity index (χ4v) is 2.62. The van der Waals surface area contributed by atoms with Crippen LogP contribution in [0.5, 0.6) is 11.5 Å². The van der Waals surface area contributed by atoms with E-state index in [1.165, 1.54) is 7.11 Å². The molecule has 3 rings (SSSR count). The fraction of sp³-hybridized carbons (Fsp3) is 0.143. The van der Waals surface area contributed by atoms with Gasteiger partial charge in [-0.25, -0.2) is 4.79 Å². The molecule has 0 aliphatic heterocycles. The molecule has 0 N–H and O–H groups in total. The Balaban J connectivity index is 1.88. The number of fused-ring (bicyclic) bond motifs is 1. The van der Waals surface area contributed by atoms with Crippen molar-refractivity contribution in [2.45, 2.75) is 13.3 Å². The third-order valence-corrected chi connectivity index (χ3v) is 4.00. The molecule has 3 aromatic rings. The van der Waals surface area contributed by atoms with Crippen molar-refractivity contribution in [3.8, 4) is 11.5 Å². The second-order valence-corrected chi connectivity index (χ2v) is 5.59. The molecule has 25 heavy (non-hydrogen) atoms. The zero-order chi connectivity index (χ0) is 17.8. The van der Waals surface area contributed by atoms with Crippen molar-refractivity contribution in [1.82, 2.24) is 0 Å². The molecule has 0 aliphatic rings. The van der Waals surface area contributed by atoms with Crippen molar-refractivity contribution in [3.05, 3.63) is 71.8 Å². The zero-order valence-corrected chi connectivity index (χ0v) is 14.1. The first kappa shape index (κ1) is 16.7. The molecule has 4 heteroatoms. The van der Waals surface area contributed by atoms with Crippen molar-refractivity contribution < 1.29 is 19.1 Å². The van der Waals surface area contributed by atoms with Gasteiger partial charge in [0.1, 0.15) is 17.1 Å². The lowest BCUT2D eigenvalue weighted by molar-refractivity contribution is 0.0731. The Kier molecular flexibility index (Phi) is 4.80. The first-order valence-electron chi connectivity index (χ1n) is 8.04. The topological polar surface area (TPSA) is 52.6 Å². The third kappa shape index (κ3) is 3.53. The quantitative estimate of drug-likeness (QED) is 0.387. The van der Waals surface area contributed by atoms with E-state index in [1.54, 1.807) is 30.3 Å². The summed E-state index contributed by atoms with van der Waals surface area (Å²) in [6.07, 6.45) is 0.438. The number of carbonyl (C=O) groups excluding carboxylic acids is 2. The maximum Gasteiger partial charge on any atom is 0.347 e. The van der Waals surface area contributed by atoms with Gasteiger partial charge in [-0.1, -0.05) is 31.2 Å². The van der Waals surface area contributed by atoms with Crippen LogP contribution in [0.15, 0.2) is 60.7 Å². The minimum absolute atomic E-state index is 0.0501. The highest BCUT2D eigenvalue weighted by molar-refractivity contribution is 6.00. The maximum absolute atomic E-state index is 12.5. The molecule has 0 saturated heterocycles. The van der Waals surface area contributed by atoms with Gasteiger partial charge in [-0.2, -0.15) is 0 Å². The standard InChI is InChI=1S/C21H18O4/c1-3-19(22)14-8-10-17(11-9-14)25-21(23)18-12-15-6-4-5-7-16(15)13-20(18)24-2/h4-13H,3H2,1-2H3.